The molecule has 0 radical (unpaired) electrons. The highest BCUT2D eigenvalue weighted by Crippen LogP contribution is 2.23. The summed E-state index contributed by atoms with van der Waals surface area (Å²) in [6.45, 7) is 6.32. The summed E-state index contributed by atoms with van der Waals surface area (Å²) in [5.41, 5.74) is 1.58. The summed E-state index contributed by atoms with van der Waals surface area (Å²) in [4.78, 5) is 11.8. The fourth-order valence-electron chi connectivity index (χ4n) is 1.37. The monoisotopic (exact) mass is 291 g/mol. The summed E-state index contributed by atoms with van der Waals surface area (Å²) in [5.74, 6) is 6.23. The van der Waals surface area contributed by atoms with Gasteiger partial charge in [0.15, 0.2) is 0 Å². The van der Waals surface area contributed by atoms with Gasteiger partial charge in [0.2, 0.25) is 5.91 Å². The van der Waals surface area contributed by atoms with Crippen LogP contribution in [0.4, 0.5) is 5.69 Å². The van der Waals surface area contributed by atoms with Gasteiger partial charge in [-0.05, 0) is 18.2 Å². The lowest BCUT2D eigenvalue weighted by Gasteiger charge is -2.17. The molecule has 1 aromatic rings. The molecule has 0 atom stereocenters. The van der Waals surface area contributed by atoms with Crippen molar-refractivity contribution >= 4 is 23.4 Å². The molecule has 1 amide bonds. The molecule has 3 nitrogen and oxygen atoms in total. The zero-order valence-corrected chi connectivity index (χ0v) is 13.0. The maximum Gasteiger partial charge on any atom is 0.234 e. The van der Waals surface area contributed by atoms with Gasteiger partial charge in [-0.3, -0.25) is 4.79 Å². The van der Waals surface area contributed by atoms with Crippen LogP contribution in [0.5, 0.6) is 0 Å². The Kier molecular flexibility index (Phi) is 6.63. The van der Waals surface area contributed by atoms with Crippen molar-refractivity contribution in [2.45, 2.75) is 31.9 Å². The SMILES string of the molecule is CC(C)(C)SCC(=O)Nc1cccc(C#CCCO)c1. The summed E-state index contributed by atoms with van der Waals surface area (Å²) in [6, 6.07) is 7.42. The van der Waals surface area contributed by atoms with E-state index in [9.17, 15) is 4.79 Å². The molecule has 0 saturated carbocycles. The number of rotatable bonds is 4. The van der Waals surface area contributed by atoms with Crippen LogP contribution >= 0.6 is 11.8 Å². The number of amides is 1. The van der Waals surface area contributed by atoms with Crippen LogP contribution in [0, 0.1) is 11.8 Å². The molecule has 0 aromatic heterocycles. The van der Waals surface area contributed by atoms with Gasteiger partial charge in [0.1, 0.15) is 0 Å². The Morgan fingerprint density at radius 2 is 2.15 bits per heavy atom. The molecule has 0 bridgehead atoms. The Morgan fingerprint density at radius 3 is 2.80 bits per heavy atom. The second-order valence-corrected chi connectivity index (χ2v) is 7.11. The normalized spacial score (nSPS) is 10.6. The molecule has 0 aliphatic rings. The van der Waals surface area contributed by atoms with Crippen LogP contribution in [0.15, 0.2) is 24.3 Å². The van der Waals surface area contributed by atoms with E-state index in [1.807, 2.05) is 24.3 Å². The smallest absolute Gasteiger partial charge is 0.234 e. The predicted molar refractivity (Wildman–Crippen MR) is 85.9 cm³/mol. The van der Waals surface area contributed by atoms with Crippen LogP contribution in [0.25, 0.3) is 0 Å². The Labute approximate surface area is 125 Å². The highest BCUT2D eigenvalue weighted by molar-refractivity contribution is 8.01. The minimum absolute atomic E-state index is 0.00890. The van der Waals surface area contributed by atoms with E-state index in [0.29, 0.717) is 12.2 Å². The number of carbonyl (C=O) groups is 1. The van der Waals surface area contributed by atoms with Crippen molar-refractivity contribution in [1.82, 2.24) is 0 Å². The first-order valence-corrected chi connectivity index (χ1v) is 7.53. The first-order valence-electron chi connectivity index (χ1n) is 6.54. The van der Waals surface area contributed by atoms with E-state index in [1.54, 1.807) is 11.8 Å². The zero-order chi connectivity index (χ0) is 15.0. The summed E-state index contributed by atoms with van der Waals surface area (Å²) in [7, 11) is 0. The Morgan fingerprint density at radius 1 is 1.40 bits per heavy atom. The van der Waals surface area contributed by atoms with Crippen LogP contribution in [0.1, 0.15) is 32.8 Å². The highest BCUT2D eigenvalue weighted by Gasteiger charge is 2.13. The Balaban J connectivity index is 2.58. The van der Waals surface area contributed by atoms with E-state index in [4.69, 9.17) is 5.11 Å². The number of aliphatic hydroxyl groups is 1. The molecule has 1 aromatic carbocycles. The fraction of sp³-hybridized carbons (Fsp3) is 0.438. The minimum atomic E-state index is -0.00890. The van der Waals surface area contributed by atoms with E-state index in [1.165, 1.54) is 0 Å². The lowest BCUT2D eigenvalue weighted by atomic mass is 10.2. The standard InChI is InChI=1S/C16H21NO2S/c1-16(2,3)20-12-15(19)17-14-9-6-8-13(11-14)7-4-5-10-18/h6,8-9,11,18H,5,10,12H2,1-3H3,(H,17,19). The van der Waals surface area contributed by atoms with Crippen molar-refractivity contribution in [3.63, 3.8) is 0 Å². The van der Waals surface area contributed by atoms with E-state index >= 15 is 0 Å². The number of hydrogen-bond acceptors (Lipinski definition) is 3. The summed E-state index contributed by atoms with van der Waals surface area (Å²) < 4.78 is 0.0783. The molecule has 4 heteroatoms. The number of hydrogen-bond donors (Lipinski definition) is 2. The molecule has 0 aliphatic carbocycles. The zero-order valence-electron chi connectivity index (χ0n) is 12.2. The third-order valence-electron chi connectivity index (χ3n) is 2.25. The molecule has 1 rings (SSSR count). The van der Waals surface area contributed by atoms with Gasteiger partial charge in [-0.2, -0.15) is 0 Å². The van der Waals surface area contributed by atoms with Crippen LogP contribution in [0.3, 0.4) is 0 Å². The summed E-state index contributed by atoms with van der Waals surface area (Å²) >= 11 is 1.61. The lowest BCUT2D eigenvalue weighted by Crippen LogP contribution is -2.18. The molecule has 0 heterocycles. The molecule has 20 heavy (non-hydrogen) atoms. The highest BCUT2D eigenvalue weighted by atomic mass is 32.2. The Hall–Kier alpha value is -1.44. The van der Waals surface area contributed by atoms with Crippen molar-refractivity contribution in [2.75, 3.05) is 17.7 Å². The molecule has 0 aliphatic heterocycles. The summed E-state index contributed by atoms with van der Waals surface area (Å²) in [5, 5.41) is 11.5. The molecular formula is C16H21NO2S. The quantitative estimate of drug-likeness (QED) is 0.839. The third-order valence-corrected chi connectivity index (χ3v) is 3.52. The van der Waals surface area contributed by atoms with Gasteiger partial charge in [-0.15, -0.1) is 11.8 Å². The van der Waals surface area contributed by atoms with E-state index in [-0.39, 0.29) is 17.3 Å². The Bertz CT molecular complexity index is 509. The molecule has 2 N–H and O–H groups in total. The van der Waals surface area contributed by atoms with Gasteiger partial charge >= 0.3 is 0 Å². The van der Waals surface area contributed by atoms with Gasteiger partial charge in [-0.25, -0.2) is 0 Å². The van der Waals surface area contributed by atoms with E-state index in [2.05, 4.69) is 37.9 Å². The van der Waals surface area contributed by atoms with Crippen molar-refractivity contribution < 1.29 is 9.90 Å². The van der Waals surface area contributed by atoms with Crippen molar-refractivity contribution in [1.29, 1.82) is 0 Å². The second-order valence-electron chi connectivity index (χ2n) is 5.31. The van der Waals surface area contributed by atoms with Gasteiger partial charge in [0, 0.05) is 22.4 Å². The molecule has 0 saturated heterocycles. The number of aliphatic hydroxyl groups excluding tert-OH is 1. The van der Waals surface area contributed by atoms with Crippen LogP contribution in [-0.2, 0) is 4.79 Å². The molecule has 0 unspecified atom stereocenters. The predicted octanol–water partition coefficient (Wildman–Crippen LogP) is 2.89. The number of benzene rings is 1. The summed E-state index contributed by atoms with van der Waals surface area (Å²) in [6.07, 6.45) is 0.457. The van der Waals surface area contributed by atoms with Gasteiger partial charge < -0.3 is 10.4 Å². The third kappa shape index (κ3) is 7.22. The second kappa shape index (κ2) is 7.98. The minimum Gasteiger partial charge on any atom is -0.395 e. The number of nitrogens with one attached hydrogen (secondary N) is 1. The number of thioether (sulfide) groups is 1. The van der Waals surface area contributed by atoms with Crippen molar-refractivity contribution in [3.05, 3.63) is 29.8 Å². The van der Waals surface area contributed by atoms with Crippen molar-refractivity contribution in [3.8, 4) is 11.8 Å². The van der Waals surface area contributed by atoms with Crippen LogP contribution < -0.4 is 5.32 Å². The number of carbonyl (C=O) groups excluding carboxylic acids is 1. The van der Waals surface area contributed by atoms with Crippen LogP contribution in [0.2, 0.25) is 0 Å². The molecule has 0 spiro atoms. The first-order chi connectivity index (χ1) is 9.40. The van der Waals surface area contributed by atoms with Crippen molar-refractivity contribution in [2.24, 2.45) is 0 Å². The molecule has 108 valence electrons. The number of anilines is 1. The van der Waals surface area contributed by atoms with Gasteiger partial charge in [0.05, 0.1) is 12.4 Å². The van der Waals surface area contributed by atoms with E-state index < -0.39 is 0 Å². The fourth-order valence-corrected chi connectivity index (χ4v) is 2.01. The van der Waals surface area contributed by atoms with Gasteiger partial charge in [-0.1, -0.05) is 38.7 Å². The average molecular weight is 291 g/mol. The molecular weight excluding hydrogens is 270 g/mol. The molecule has 0 fully saturated rings. The topological polar surface area (TPSA) is 49.3 Å². The average Bonchev–Trinajstić information content (AvgIpc) is 2.36. The van der Waals surface area contributed by atoms with Crippen LogP contribution in [-0.4, -0.2) is 28.1 Å². The maximum atomic E-state index is 11.8. The van der Waals surface area contributed by atoms with E-state index in [0.717, 1.165) is 11.3 Å². The van der Waals surface area contributed by atoms with Gasteiger partial charge in [0.25, 0.3) is 0 Å². The largest absolute Gasteiger partial charge is 0.395 e. The maximum absolute atomic E-state index is 11.8. The lowest BCUT2D eigenvalue weighted by molar-refractivity contribution is -0.113. The first kappa shape index (κ1) is 16.6.